The van der Waals surface area contributed by atoms with E-state index in [1.54, 1.807) is 13.3 Å². The zero-order chi connectivity index (χ0) is 18.9. The maximum absolute atomic E-state index is 11.8. The van der Waals surface area contributed by atoms with Gasteiger partial charge in [-0.2, -0.15) is 4.98 Å². The van der Waals surface area contributed by atoms with Crippen LogP contribution in [0, 0.1) is 11.8 Å². The molecule has 0 radical (unpaired) electrons. The molecule has 0 amide bonds. The molecule has 2 aliphatic rings. The summed E-state index contributed by atoms with van der Waals surface area (Å²) < 4.78 is 10.6. The van der Waals surface area contributed by atoms with Gasteiger partial charge < -0.3 is 14.6 Å². The molecule has 2 atom stereocenters. The first-order valence-corrected chi connectivity index (χ1v) is 9.44. The SMILES string of the molecule is COc1ncc(C2(O)C3CCCC2CN(Cc2ccncc2)C3)c(OC)n1. The number of hydrogen-bond acceptors (Lipinski definition) is 7. The van der Waals surface area contributed by atoms with Crippen molar-refractivity contribution < 1.29 is 14.6 Å². The van der Waals surface area contributed by atoms with E-state index in [0.29, 0.717) is 11.4 Å². The molecule has 7 nitrogen and oxygen atoms in total. The third-order valence-corrected chi connectivity index (χ3v) is 6.00. The normalized spacial score (nSPS) is 28.0. The summed E-state index contributed by atoms with van der Waals surface area (Å²) in [5, 5.41) is 11.8. The van der Waals surface area contributed by atoms with Gasteiger partial charge in [-0.25, -0.2) is 4.98 Å². The minimum Gasteiger partial charge on any atom is -0.481 e. The Morgan fingerprint density at radius 2 is 1.85 bits per heavy atom. The summed E-state index contributed by atoms with van der Waals surface area (Å²) in [6.45, 7) is 2.55. The van der Waals surface area contributed by atoms with Crippen molar-refractivity contribution in [1.82, 2.24) is 19.9 Å². The number of rotatable bonds is 5. The average molecular weight is 370 g/mol. The largest absolute Gasteiger partial charge is 0.481 e. The topological polar surface area (TPSA) is 80.6 Å². The highest BCUT2D eigenvalue weighted by Crippen LogP contribution is 2.51. The van der Waals surface area contributed by atoms with Gasteiger partial charge in [0.2, 0.25) is 5.88 Å². The number of piperidine rings is 1. The zero-order valence-electron chi connectivity index (χ0n) is 15.8. The maximum Gasteiger partial charge on any atom is 0.319 e. The Balaban J connectivity index is 1.62. The molecule has 2 unspecified atom stereocenters. The number of hydrogen-bond donors (Lipinski definition) is 1. The van der Waals surface area contributed by atoms with Crippen LogP contribution >= 0.6 is 0 Å². The number of aromatic nitrogens is 3. The number of aliphatic hydroxyl groups is 1. The van der Waals surface area contributed by atoms with Crippen molar-refractivity contribution in [2.75, 3.05) is 27.3 Å². The zero-order valence-corrected chi connectivity index (χ0v) is 15.8. The molecule has 3 heterocycles. The highest BCUT2D eigenvalue weighted by atomic mass is 16.5. The van der Waals surface area contributed by atoms with E-state index in [-0.39, 0.29) is 17.8 Å². The van der Waals surface area contributed by atoms with E-state index >= 15 is 0 Å². The van der Waals surface area contributed by atoms with E-state index in [1.807, 2.05) is 12.4 Å². The lowest BCUT2D eigenvalue weighted by molar-refractivity contribution is -0.149. The number of nitrogens with zero attached hydrogens (tertiary/aromatic N) is 4. The summed E-state index contributed by atoms with van der Waals surface area (Å²) in [5.74, 6) is 0.652. The van der Waals surface area contributed by atoms with Crippen molar-refractivity contribution in [2.45, 2.75) is 31.4 Å². The molecule has 2 aromatic rings. The van der Waals surface area contributed by atoms with Crippen molar-refractivity contribution in [2.24, 2.45) is 11.8 Å². The monoisotopic (exact) mass is 370 g/mol. The van der Waals surface area contributed by atoms with Crippen LogP contribution in [0.3, 0.4) is 0 Å². The van der Waals surface area contributed by atoms with Gasteiger partial charge in [0.15, 0.2) is 0 Å². The van der Waals surface area contributed by atoms with Crippen LogP contribution in [-0.2, 0) is 12.1 Å². The molecule has 1 saturated heterocycles. The predicted octanol–water partition coefficient (Wildman–Crippen LogP) is 2.01. The highest BCUT2D eigenvalue weighted by Gasteiger charge is 2.53. The van der Waals surface area contributed by atoms with Gasteiger partial charge in [0.05, 0.1) is 19.8 Å². The van der Waals surface area contributed by atoms with Gasteiger partial charge in [0, 0.05) is 50.1 Å². The predicted molar refractivity (Wildman–Crippen MR) is 99.4 cm³/mol. The van der Waals surface area contributed by atoms with Crippen molar-refractivity contribution in [3.8, 4) is 11.9 Å². The number of pyridine rings is 1. The molecule has 144 valence electrons. The van der Waals surface area contributed by atoms with E-state index in [9.17, 15) is 5.11 Å². The Bertz CT molecular complexity index is 772. The molecule has 2 aromatic heterocycles. The highest BCUT2D eigenvalue weighted by molar-refractivity contribution is 5.34. The number of methoxy groups -OCH3 is 2. The molecule has 4 rings (SSSR count). The van der Waals surface area contributed by atoms with Crippen LogP contribution in [0.4, 0.5) is 0 Å². The molecule has 2 fully saturated rings. The molecule has 7 heteroatoms. The van der Waals surface area contributed by atoms with Crippen molar-refractivity contribution in [3.63, 3.8) is 0 Å². The summed E-state index contributed by atoms with van der Waals surface area (Å²) in [4.78, 5) is 15.1. The fourth-order valence-electron chi connectivity index (χ4n) is 4.74. The van der Waals surface area contributed by atoms with Crippen LogP contribution < -0.4 is 9.47 Å². The molecule has 0 aromatic carbocycles. The van der Waals surface area contributed by atoms with E-state index in [2.05, 4.69) is 32.0 Å². The number of likely N-dealkylation sites (tertiary alicyclic amines) is 1. The first-order valence-electron chi connectivity index (χ1n) is 9.44. The van der Waals surface area contributed by atoms with Gasteiger partial charge in [0.25, 0.3) is 0 Å². The maximum atomic E-state index is 11.8. The lowest BCUT2D eigenvalue weighted by Crippen LogP contribution is -2.58. The minimum absolute atomic E-state index is 0.123. The fraction of sp³-hybridized carbons (Fsp3) is 0.550. The molecule has 1 N–H and O–H groups in total. The number of fused-ring (bicyclic) bond motifs is 2. The first kappa shape index (κ1) is 18.1. The average Bonchev–Trinajstić information content (AvgIpc) is 2.69. The smallest absolute Gasteiger partial charge is 0.319 e. The van der Waals surface area contributed by atoms with E-state index in [4.69, 9.17) is 9.47 Å². The van der Waals surface area contributed by atoms with Crippen LogP contribution in [0.1, 0.15) is 30.4 Å². The van der Waals surface area contributed by atoms with E-state index < -0.39 is 5.60 Å². The lowest BCUT2D eigenvalue weighted by atomic mass is 9.63. The van der Waals surface area contributed by atoms with Crippen LogP contribution in [-0.4, -0.2) is 52.3 Å². The van der Waals surface area contributed by atoms with Gasteiger partial charge in [-0.3, -0.25) is 9.88 Å². The molecule has 1 aliphatic heterocycles. The molecule has 27 heavy (non-hydrogen) atoms. The van der Waals surface area contributed by atoms with Crippen LogP contribution in [0.2, 0.25) is 0 Å². The Labute approximate surface area is 159 Å². The van der Waals surface area contributed by atoms with Gasteiger partial charge >= 0.3 is 6.01 Å². The Morgan fingerprint density at radius 1 is 1.15 bits per heavy atom. The van der Waals surface area contributed by atoms with Crippen molar-refractivity contribution >= 4 is 0 Å². The quantitative estimate of drug-likeness (QED) is 0.862. The van der Waals surface area contributed by atoms with Crippen LogP contribution in [0.15, 0.2) is 30.7 Å². The molecular formula is C20H26N4O3. The lowest BCUT2D eigenvalue weighted by Gasteiger charge is -2.53. The van der Waals surface area contributed by atoms with E-state index in [0.717, 1.165) is 38.9 Å². The number of ether oxygens (including phenoxy) is 2. The second-order valence-corrected chi connectivity index (χ2v) is 7.48. The van der Waals surface area contributed by atoms with E-state index in [1.165, 1.54) is 12.7 Å². The van der Waals surface area contributed by atoms with Crippen molar-refractivity contribution in [1.29, 1.82) is 0 Å². The summed E-state index contributed by atoms with van der Waals surface area (Å²) in [5.41, 5.74) is 0.966. The molecule has 1 aliphatic carbocycles. The Morgan fingerprint density at radius 3 is 2.48 bits per heavy atom. The second-order valence-electron chi connectivity index (χ2n) is 7.48. The summed E-state index contributed by atoms with van der Waals surface area (Å²) in [6, 6.07) is 4.35. The summed E-state index contributed by atoms with van der Waals surface area (Å²) in [7, 11) is 3.10. The summed E-state index contributed by atoms with van der Waals surface area (Å²) >= 11 is 0. The van der Waals surface area contributed by atoms with Gasteiger partial charge in [-0.1, -0.05) is 6.42 Å². The Kier molecular flexibility index (Phi) is 4.97. The van der Waals surface area contributed by atoms with Crippen LogP contribution in [0.5, 0.6) is 11.9 Å². The summed E-state index contributed by atoms with van der Waals surface area (Å²) in [6.07, 6.45) is 8.44. The molecular weight excluding hydrogens is 344 g/mol. The molecule has 1 saturated carbocycles. The molecule has 0 spiro atoms. The molecule has 2 bridgehead atoms. The Hall–Kier alpha value is -2.25. The second kappa shape index (κ2) is 7.40. The van der Waals surface area contributed by atoms with Crippen LogP contribution in [0.25, 0.3) is 0 Å². The van der Waals surface area contributed by atoms with Gasteiger partial charge in [-0.05, 0) is 30.5 Å². The standard InChI is InChI=1S/C20H26N4O3/c1-26-18-17(10-22-19(23-18)27-2)20(25)15-4-3-5-16(20)13-24(12-15)11-14-6-8-21-9-7-14/h6-10,15-16,25H,3-5,11-13H2,1-2H3. The van der Waals surface area contributed by atoms with Crippen molar-refractivity contribution in [3.05, 3.63) is 41.9 Å². The third-order valence-electron chi connectivity index (χ3n) is 6.00. The first-order chi connectivity index (χ1) is 13.1. The fourth-order valence-corrected chi connectivity index (χ4v) is 4.74. The minimum atomic E-state index is -0.968. The van der Waals surface area contributed by atoms with Gasteiger partial charge in [-0.15, -0.1) is 0 Å². The van der Waals surface area contributed by atoms with Gasteiger partial charge in [0.1, 0.15) is 5.60 Å². The third kappa shape index (κ3) is 3.26.